The lowest BCUT2D eigenvalue weighted by molar-refractivity contribution is -0.143. The first-order chi connectivity index (χ1) is 31.7. The molecule has 354 valence electrons. The van der Waals surface area contributed by atoms with Crippen LogP contribution in [-0.2, 0) is 25.6 Å². The van der Waals surface area contributed by atoms with E-state index >= 15 is 0 Å². The van der Waals surface area contributed by atoms with Crippen LogP contribution >= 0.6 is 0 Å². The summed E-state index contributed by atoms with van der Waals surface area (Å²) >= 11 is 0. The number of nitrogens with one attached hydrogen (secondary N) is 3. The Kier molecular flexibility index (Phi) is 18.4. The Morgan fingerprint density at radius 1 is 0.818 bits per heavy atom. The highest BCUT2D eigenvalue weighted by Gasteiger charge is 2.36. The van der Waals surface area contributed by atoms with E-state index in [1.165, 1.54) is 25.3 Å². The minimum absolute atomic E-state index is 0.00551. The van der Waals surface area contributed by atoms with E-state index in [0.29, 0.717) is 57.6 Å². The van der Waals surface area contributed by atoms with Crippen LogP contribution in [0.2, 0.25) is 0 Å². The number of carbonyl (C=O) groups excluding carboxylic acids is 4. The summed E-state index contributed by atoms with van der Waals surface area (Å²) in [5.74, 6) is -2.22. The molecule has 0 saturated heterocycles. The number of nitrogens with two attached hydrogens (primary N) is 3. The highest BCUT2D eigenvalue weighted by molar-refractivity contribution is 6.00. The molecule has 4 unspecified atom stereocenters. The van der Waals surface area contributed by atoms with Gasteiger partial charge in [0.1, 0.15) is 54.6 Å². The molecule has 10 N–H and O–H groups in total. The van der Waals surface area contributed by atoms with Crippen molar-refractivity contribution in [2.75, 3.05) is 46.5 Å². The molecular formula is C48H63N9O9. The second-order valence-electron chi connectivity index (χ2n) is 16.2. The van der Waals surface area contributed by atoms with Crippen molar-refractivity contribution >= 4 is 29.6 Å². The predicted molar refractivity (Wildman–Crippen MR) is 249 cm³/mol. The number of amides is 4. The SMILES string of the molecule is CCCCCCOc1ccc(-c2nc(C)c(C(=O)NC(CCN)C(=O)N(C)C3C(=O)NC(C)C(=O)NC(C(=O)O)Cc4ccc(OCCN)c(c4)-c4cc3ccc4OCCN)c(C)n2)cc1. The van der Waals surface area contributed by atoms with Crippen molar-refractivity contribution in [1.82, 2.24) is 30.8 Å². The average Bonchev–Trinajstić information content (AvgIpc) is 3.29. The van der Waals surface area contributed by atoms with Gasteiger partial charge in [0.2, 0.25) is 17.7 Å². The molecule has 0 radical (unpaired) electrons. The van der Waals surface area contributed by atoms with Gasteiger partial charge in [-0.1, -0.05) is 38.3 Å². The number of aryl methyl sites for hydroxylation is 2. The summed E-state index contributed by atoms with van der Waals surface area (Å²) in [6, 6.07) is 12.2. The van der Waals surface area contributed by atoms with Gasteiger partial charge in [-0.2, -0.15) is 0 Å². The van der Waals surface area contributed by atoms with E-state index in [1.807, 2.05) is 24.3 Å². The predicted octanol–water partition coefficient (Wildman–Crippen LogP) is 3.34. The van der Waals surface area contributed by atoms with Crippen LogP contribution in [0.1, 0.15) is 84.9 Å². The molecule has 2 heterocycles. The number of benzene rings is 3. The van der Waals surface area contributed by atoms with E-state index in [0.717, 1.165) is 30.6 Å². The highest BCUT2D eigenvalue weighted by Crippen LogP contribution is 2.40. The summed E-state index contributed by atoms with van der Waals surface area (Å²) in [5.41, 5.74) is 21.1. The van der Waals surface area contributed by atoms with Gasteiger partial charge in [0.05, 0.1) is 23.6 Å². The van der Waals surface area contributed by atoms with Gasteiger partial charge in [-0.3, -0.25) is 19.2 Å². The number of hydrogen-bond acceptors (Lipinski definition) is 13. The van der Waals surface area contributed by atoms with Crippen molar-refractivity contribution in [3.8, 4) is 39.8 Å². The molecule has 0 saturated carbocycles. The normalized spacial score (nSPS) is 16.5. The average molecular weight is 910 g/mol. The lowest BCUT2D eigenvalue weighted by Crippen LogP contribution is -2.55. The fourth-order valence-corrected chi connectivity index (χ4v) is 7.69. The third-order valence-corrected chi connectivity index (χ3v) is 11.1. The van der Waals surface area contributed by atoms with Gasteiger partial charge >= 0.3 is 5.97 Å². The van der Waals surface area contributed by atoms with Crippen LogP contribution in [0.15, 0.2) is 60.7 Å². The van der Waals surface area contributed by atoms with Crippen molar-refractivity contribution in [3.63, 3.8) is 0 Å². The van der Waals surface area contributed by atoms with Crippen LogP contribution in [0.5, 0.6) is 17.2 Å². The maximum atomic E-state index is 14.7. The number of ether oxygens (including phenoxy) is 3. The van der Waals surface area contributed by atoms with Gasteiger partial charge in [0, 0.05) is 43.2 Å². The second-order valence-corrected chi connectivity index (χ2v) is 16.2. The van der Waals surface area contributed by atoms with Gasteiger partial charge in [0.25, 0.3) is 5.91 Å². The molecule has 4 atom stereocenters. The molecule has 1 aliphatic rings. The number of carboxylic acids is 1. The number of nitrogens with zero attached hydrogens (tertiary/aromatic N) is 3. The van der Waals surface area contributed by atoms with Gasteiger partial charge in [-0.15, -0.1) is 0 Å². The van der Waals surface area contributed by atoms with E-state index in [1.54, 1.807) is 50.2 Å². The lowest BCUT2D eigenvalue weighted by Gasteiger charge is -2.32. The summed E-state index contributed by atoms with van der Waals surface area (Å²) in [7, 11) is 1.41. The molecule has 4 bridgehead atoms. The molecule has 3 aromatic carbocycles. The van der Waals surface area contributed by atoms with E-state index in [9.17, 15) is 29.1 Å². The third kappa shape index (κ3) is 12.8. The Hall–Kier alpha value is -6.63. The van der Waals surface area contributed by atoms with Crippen molar-refractivity contribution in [3.05, 3.63) is 88.7 Å². The Bertz CT molecular complexity index is 2320. The molecule has 0 fully saturated rings. The Morgan fingerprint density at radius 2 is 1.45 bits per heavy atom. The van der Waals surface area contributed by atoms with Gasteiger partial charge in [-0.25, -0.2) is 14.8 Å². The Balaban J connectivity index is 1.50. The fraction of sp³-hybridized carbons (Fsp3) is 0.438. The van der Waals surface area contributed by atoms with E-state index < -0.39 is 53.8 Å². The number of unbranched alkanes of at least 4 members (excludes halogenated alkanes) is 3. The summed E-state index contributed by atoms with van der Waals surface area (Å²) in [6.45, 7) is 8.22. The van der Waals surface area contributed by atoms with Crippen LogP contribution in [-0.4, -0.2) is 114 Å². The zero-order chi connectivity index (χ0) is 47.9. The highest BCUT2D eigenvalue weighted by atomic mass is 16.5. The van der Waals surface area contributed by atoms with Gasteiger partial charge < -0.3 is 57.4 Å². The summed E-state index contributed by atoms with van der Waals surface area (Å²) < 4.78 is 18.0. The van der Waals surface area contributed by atoms with Crippen LogP contribution < -0.4 is 47.4 Å². The Morgan fingerprint density at radius 3 is 2.06 bits per heavy atom. The van der Waals surface area contributed by atoms with Crippen molar-refractivity contribution in [2.45, 2.75) is 90.4 Å². The smallest absolute Gasteiger partial charge is 0.326 e. The first-order valence-electron chi connectivity index (χ1n) is 22.3. The number of rotatable bonds is 20. The minimum Gasteiger partial charge on any atom is -0.494 e. The van der Waals surface area contributed by atoms with E-state index in [-0.39, 0.29) is 51.3 Å². The minimum atomic E-state index is -1.41. The molecular weight excluding hydrogens is 847 g/mol. The number of fused-ring (bicyclic) bond motifs is 5. The monoisotopic (exact) mass is 909 g/mol. The Labute approximate surface area is 385 Å². The maximum absolute atomic E-state index is 14.7. The molecule has 4 aromatic rings. The number of carbonyl (C=O) groups is 5. The number of aromatic nitrogens is 2. The largest absolute Gasteiger partial charge is 0.494 e. The molecule has 1 aromatic heterocycles. The van der Waals surface area contributed by atoms with Crippen LogP contribution in [0.25, 0.3) is 22.5 Å². The molecule has 4 amide bonds. The first kappa shape index (κ1) is 50.4. The van der Waals surface area contributed by atoms with E-state index in [2.05, 4.69) is 32.8 Å². The van der Waals surface area contributed by atoms with Gasteiger partial charge in [0.15, 0.2) is 5.82 Å². The van der Waals surface area contributed by atoms with E-state index in [4.69, 9.17) is 31.4 Å². The maximum Gasteiger partial charge on any atom is 0.326 e. The number of likely N-dealkylation sites (N-methyl/N-ethyl adjacent to an activating group) is 1. The molecule has 18 heteroatoms. The van der Waals surface area contributed by atoms with Crippen LogP contribution in [0, 0.1) is 13.8 Å². The number of aliphatic carboxylic acids is 1. The van der Waals surface area contributed by atoms with Crippen LogP contribution in [0.3, 0.4) is 0 Å². The number of hydrogen-bond donors (Lipinski definition) is 7. The summed E-state index contributed by atoms with van der Waals surface area (Å²) in [6.07, 6.45) is 4.30. The number of carboxylic acid groups (broad SMARTS) is 1. The zero-order valence-electron chi connectivity index (χ0n) is 38.4. The van der Waals surface area contributed by atoms with Crippen molar-refractivity contribution in [2.24, 2.45) is 17.2 Å². The van der Waals surface area contributed by atoms with Crippen molar-refractivity contribution in [1.29, 1.82) is 0 Å². The van der Waals surface area contributed by atoms with Crippen LogP contribution in [0.4, 0.5) is 0 Å². The topological polar surface area (TPSA) is 276 Å². The zero-order valence-corrected chi connectivity index (χ0v) is 38.4. The molecule has 0 aliphatic carbocycles. The first-order valence-corrected chi connectivity index (χ1v) is 22.3. The molecule has 0 spiro atoms. The molecule has 18 nitrogen and oxygen atoms in total. The van der Waals surface area contributed by atoms with Crippen molar-refractivity contribution < 1.29 is 43.3 Å². The second kappa shape index (κ2) is 24.1. The summed E-state index contributed by atoms with van der Waals surface area (Å²) in [4.78, 5) is 79.6. The molecule has 5 rings (SSSR count). The summed E-state index contributed by atoms with van der Waals surface area (Å²) in [5, 5.41) is 18.1. The molecule has 1 aliphatic heterocycles. The third-order valence-electron chi connectivity index (χ3n) is 11.1. The molecule has 66 heavy (non-hydrogen) atoms. The van der Waals surface area contributed by atoms with Gasteiger partial charge in [-0.05, 0) is 99.8 Å². The lowest BCUT2D eigenvalue weighted by atomic mass is 9.93. The quantitative estimate of drug-likeness (QED) is 0.0627. The standard InChI is InChI=1S/C48H63N9O9/c1-6-7-8-9-22-64-34-14-11-32(12-15-34)43-52-28(2)41(29(3)53-43)45(59)55-37(18-19-49)47(61)57(5)42-33-13-17-40(66-24-21-51)36(27-33)35-25-31(10-16-39(35)65-23-20-50)26-38(48(62)63)56-44(58)30(4)54-46(42)60/h10-17,25,27,30,37-38,42H,6-9,18-24,26,49-51H2,1-5H3,(H,54,60)(H,55,59)(H,56,58)(H,62,63). The fourth-order valence-electron chi connectivity index (χ4n) is 7.69.